The zero-order chi connectivity index (χ0) is 16.8. The van der Waals surface area contributed by atoms with Gasteiger partial charge in [0.1, 0.15) is 5.82 Å². The molecule has 124 valence electrons. The first-order valence-electron chi connectivity index (χ1n) is 9.06. The highest BCUT2D eigenvalue weighted by Gasteiger charge is 2.35. The molecule has 0 amide bonds. The summed E-state index contributed by atoms with van der Waals surface area (Å²) in [5.41, 5.74) is 2.16. The third-order valence-corrected chi connectivity index (χ3v) is 5.27. The van der Waals surface area contributed by atoms with Crippen LogP contribution in [0.2, 0.25) is 0 Å². The molecule has 0 atom stereocenters. The van der Waals surface area contributed by atoms with Crippen molar-refractivity contribution in [2.45, 2.75) is 50.9 Å². The summed E-state index contributed by atoms with van der Waals surface area (Å²) in [7, 11) is 0. The molecule has 2 aromatic carbocycles. The van der Waals surface area contributed by atoms with E-state index in [9.17, 15) is 4.39 Å². The Morgan fingerprint density at radius 2 is 1.67 bits per heavy atom. The Morgan fingerprint density at radius 3 is 2.29 bits per heavy atom. The van der Waals surface area contributed by atoms with E-state index < -0.39 is 0 Å². The predicted molar refractivity (Wildman–Crippen MR) is 98.3 cm³/mol. The summed E-state index contributed by atoms with van der Waals surface area (Å²) in [5.74, 6) is 7.53. The average molecular weight is 320 g/mol. The molecule has 0 N–H and O–H groups in total. The van der Waals surface area contributed by atoms with Crippen LogP contribution >= 0.6 is 0 Å². The number of hydrogen-bond acceptors (Lipinski definition) is 0. The van der Waals surface area contributed by atoms with Gasteiger partial charge in [-0.15, -0.1) is 0 Å². The second kappa shape index (κ2) is 7.67. The summed E-state index contributed by atoms with van der Waals surface area (Å²) in [6.07, 6.45) is 7.34. The van der Waals surface area contributed by atoms with E-state index in [0.717, 1.165) is 24.3 Å². The molecule has 1 aliphatic carbocycles. The molecule has 0 nitrogen and oxygen atoms in total. The molecule has 0 bridgehead atoms. The molecule has 0 radical (unpaired) electrons. The monoisotopic (exact) mass is 320 g/mol. The highest BCUT2D eigenvalue weighted by atomic mass is 19.1. The van der Waals surface area contributed by atoms with Crippen LogP contribution < -0.4 is 0 Å². The second-order valence-electron chi connectivity index (χ2n) is 6.94. The lowest BCUT2D eigenvalue weighted by Crippen LogP contribution is -2.30. The molecule has 1 aliphatic rings. The van der Waals surface area contributed by atoms with Crippen LogP contribution in [0, 0.1) is 23.6 Å². The summed E-state index contributed by atoms with van der Waals surface area (Å²) in [4.78, 5) is 0. The molecule has 1 fully saturated rings. The normalized spacial score (nSPS) is 23.3. The average Bonchev–Trinajstić information content (AvgIpc) is 2.64. The fourth-order valence-corrected chi connectivity index (χ4v) is 3.84. The summed E-state index contributed by atoms with van der Waals surface area (Å²) in [6.45, 7) is 2.27. The molecule has 1 heteroatoms. The molecule has 1 saturated carbocycles. The summed E-state index contributed by atoms with van der Waals surface area (Å²) in [6, 6.07) is 17.2. The van der Waals surface area contributed by atoms with Crippen LogP contribution in [0.25, 0.3) is 0 Å². The lowest BCUT2D eigenvalue weighted by molar-refractivity contribution is 0.267. The molecule has 24 heavy (non-hydrogen) atoms. The van der Waals surface area contributed by atoms with Crippen molar-refractivity contribution in [3.63, 3.8) is 0 Å². The van der Waals surface area contributed by atoms with Gasteiger partial charge >= 0.3 is 0 Å². The summed E-state index contributed by atoms with van der Waals surface area (Å²) in [5, 5.41) is 0. The number of rotatable bonds is 3. The molecule has 0 aromatic heterocycles. The van der Waals surface area contributed by atoms with E-state index in [1.54, 1.807) is 12.1 Å². The zero-order valence-corrected chi connectivity index (χ0v) is 14.4. The Kier molecular flexibility index (Phi) is 5.36. The second-order valence-corrected chi connectivity index (χ2v) is 6.94. The third kappa shape index (κ3) is 3.88. The Balaban J connectivity index is 1.88. The predicted octanol–water partition coefficient (Wildman–Crippen LogP) is 6.11. The summed E-state index contributed by atoms with van der Waals surface area (Å²) >= 11 is 0. The fourth-order valence-electron chi connectivity index (χ4n) is 3.84. The maximum Gasteiger partial charge on any atom is 0.123 e. The molecule has 0 aliphatic heterocycles. The molecule has 0 unspecified atom stereocenters. The van der Waals surface area contributed by atoms with Crippen LogP contribution in [-0.2, 0) is 5.41 Å². The van der Waals surface area contributed by atoms with Crippen LogP contribution in [0.15, 0.2) is 54.6 Å². The van der Waals surface area contributed by atoms with Crippen LogP contribution in [0.3, 0.4) is 0 Å². The zero-order valence-electron chi connectivity index (χ0n) is 14.4. The van der Waals surface area contributed by atoms with E-state index in [2.05, 4.69) is 49.1 Å². The minimum Gasteiger partial charge on any atom is -0.207 e. The van der Waals surface area contributed by atoms with Crippen molar-refractivity contribution in [2.24, 2.45) is 5.92 Å². The van der Waals surface area contributed by atoms with Crippen molar-refractivity contribution in [1.82, 2.24) is 0 Å². The number of hydrogen-bond donors (Lipinski definition) is 0. The van der Waals surface area contributed by atoms with Crippen LogP contribution in [0.1, 0.15) is 56.6 Å². The topological polar surface area (TPSA) is 0 Å². The molecule has 0 heterocycles. The highest BCUT2D eigenvalue weighted by molar-refractivity contribution is 5.42. The lowest BCUT2D eigenvalue weighted by atomic mass is 9.66. The highest BCUT2D eigenvalue weighted by Crippen LogP contribution is 2.42. The van der Waals surface area contributed by atoms with E-state index in [1.807, 2.05) is 0 Å². The van der Waals surface area contributed by atoms with Gasteiger partial charge in [0.25, 0.3) is 0 Å². The van der Waals surface area contributed by atoms with Gasteiger partial charge in [-0.2, -0.15) is 0 Å². The SMILES string of the molecule is CCCC1CCC(C#Cc2ccc(F)cc2)(c2ccccc2)CC1. The van der Waals surface area contributed by atoms with Crippen molar-refractivity contribution in [3.8, 4) is 11.8 Å². The maximum atomic E-state index is 13.1. The molecular formula is C23H25F. The van der Waals surface area contributed by atoms with E-state index in [4.69, 9.17) is 0 Å². The van der Waals surface area contributed by atoms with Gasteiger partial charge < -0.3 is 0 Å². The molecule has 0 saturated heterocycles. The minimum absolute atomic E-state index is 0.0557. The van der Waals surface area contributed by atoms with Crippen molar-refractivity contribution in [1.29, 1.82) is 0 Å². The van der Waals surface area contributed by atoms with E-state index in [1.165, 1.54) is 43.4 Å². The first kappa shape index (κ1) is 16.8. The Morgan fingerprint density at radius 1 is 1.00 bits per heavy atom. The minimum atomic E-state index is -0.210. The van der Waals surface area contributed by atoms with E-state index >= 15 is 0 Å². The summed E-state index contributed by atoms with van der Waals surface area (Å²) < 4.78 is 13.1. The molecule has 0 spiro atoms. The maximum absolute atomic E-state index is 13.1. The Bertz CT molecular complexity index is 695. The largest absolute Gasteiger partial charge is 0.207 e. The number of halogens is 1. The van der Waals surface area contributed by atoms with Gasteiger partial charge in [0.15, 0.2) is 0 Å². The number of benzene rings is 2. The smallest absolute Gasteiger partial charge is 0.123 e. The van der Waals surface area contributed by atoms with Crippen LogP contribution in [0.5, 0.6) is 0 Å². The molecule has 2 aromatic rings. The van der Waals surface area contributed by atoms with Crippen molar-refractivity contribution < 1.29 is 4.39 Å². The van der Waals surface area contributed by atoms with Gasteiger partial charge in [0.05, 0.1) is 5.41 Å². The first-order valence-corrected chi connectivity index (χ1v) is 9.06. The first-order chi connectivity index (χ1) is 11.7. The van der Waals surface area contributed by atoms with Crippen molar-refractivity contribution >= 4 is 0 Å². The third-order valence-electron chi connectivity index (χ3n) is 5.27. The van der Waals surface area contributed by atoms with Gasteiger partial charge in [-0.3, -0.25) is 0 Å². The fraction of sp³-hybridized carbons (Fsp3) is 0.391. The van der Waals surface area contributed by atoms with E-state index in [-0.39, 0.29) is 11.2 Å². The van der Waals surface area contributed by atoms with Crippen molar-refractivity contribution in [3.05, 3.63) is 71.5 Å². The lowest BCUT2D eigenvalue weighted by Gasteiger charge is -2.37. The van der Waals surface area contributed by atoms with Gasteiger partial charge in [-0.05, 0) is 61.4 Å². The Labute approximate surface area is 145 Å². The molecular weight excluding hydrogens is 295 g/mol. The van der Waals surface area contributed by atoms with Gasteiger partial charge in [0.2, 0.25) is 0 Å². The quantitative estimate of drug-likeness (QED) is 0.599. The van der Waals surface area contributed by atoms with Crippen LogP contribution in [0.4, 0.5) is 4.39 Å². The van der Waals surface area contributed by atoms with Crippen LogP contribution in [-0.4, -0.2) is 0 Å². The van der Waals surface area contributed by atoms with Gasteiger partial charge in [-0.1, -0.05) is 61.9 Å². The van der Waals surface area contributed by atoms with Gasteiger partial charge in [-0.25, -0.2) is 4.39 Å². The Hall–Kier alpha value is -2.07. The standard InChI is InChI=1S/C23H25F/c1-2-6-19-13-16-23(17-14-19,21-7-4-3-5-8-21)18-15-20-9-11-22(24)12-10-20/h3-5,7-12,19H,2,6,13-14,16-17H2,1H3. The van der Waals surface area contributed by atoms with Gasteiger partial charge in [0, 0.05) is 5.56 Å². The van der Waals surface area contributed by atoms with Crippen molar-refractivity contribution in [2.75, 3.05) is 0 Å². The van der Waals surface area contributed by atoms with E-state index in [0.29, 0.717) is 0 Å². The molecule has 3 rings (SSSR count).